The number of hydrogen-bond acceptors (Lipinski definition) is 2. The lowest BCUT2D eigenvalue weighted by Gasteiger charge is -2.07. The van der Waals surface area contributed by atoms with E-state index in [1.54, 1.807) is 18.2 Å². The summed E-state index contributed by atoms with van der Waals surface area (Å²) in [5.74, 6) is 0. The fraction of sp³-hybridized carbons (Fsp3) is 0.167. The van der Waals surface area contributed by atoms with Crippen LogP contribution in [0.3, 0.4) is 0 Å². The van der Waals surface area contributed by atoms with Crippen molar-refractivity contribution in [2.75, 3.05) is 0 Å². The van der Waals surface area contributed by atoms with Gasteiger partial charge in [0.15, 0.2) is 5.09 Å². The molecule has 2 rings (SSSR count). The molecule has 2 aromatic rings. The van der Waals surface area contributed by atoms with Gasteiger partial charge in [0, 0.05) is 17.3 Å². The number of aryl methyl sites for hydroxylation is 1. The minimum absolute atomic E-state index is 0.119. The van der Waals surface area contributed by atoms with Crippen molar-refractivity contribution in [1.82, 2.24) is 0 Å². The average Bonchev–Trinajstić information content (AvgIpc) is 2.64. The van der Waals surface area contributed by atoms with E-state index in [4.69, 9.17) is 4.42 Å². The summed E-state index contributed by atoms with van der Waals surface area (Å²) >= 11 is -0.229. The summed E-state index contributed by atoms with van der Waals surface area (Å²) < 4.78 is 41.8. The van der Waals surface area contributed by atoms with E-state index in [0.717, 1.165) is 11.1 Å². The van der Waals surface area contributed by atoms with E-state index < -0.39 is 5.51 Å². The van der Waals surface area contributed by atoms with E-state index in [1.165, 1.54) is 6.26 Å². The number of benzene rings is 1. The largest absolute Gasteiger partial charge is 0.457 e. The summed E-state index contributed by atoms with van der Waals surface area (Å²) in [5, 5.41) is -0.119. The zero-order valence-corrected chi connectivity index (χ0v) is 9.73. The van der Waals surface area contributed by atoms with Crippen LogP contribution in [0.25, 0.3) is 11.1 Å². The maximum Gasteiger partial charge on any atom is 0.449 e. The SMILES string of the molecule is Cc1ccccc1-c1ccoc1SC(F)(F)F. The highest BCUT2D eigenvalue weighted by Crippen LogP contribution is 2.42. The molecule has 0 unspecified atom stereocenters. The van der Waals surface area contributed by atoms with Crippen LogP contribution < -0.4 is 0 Å². The fourth-order valence-electron chi connectivity index (χ4n) is 1.55. The Bertz CT molecular complexity index is 516. The Balaban J connectivity index is 2.41. The highest BCUT2D eigenvalue weighted by Gasteiger charge is 2.32. The summed E-state index contributed by atoms with van der Waals surface area (Å²) in [4.78, 5) is 0. The molecule has 5 heteroatoms. The van der Waals surface area contributed by atoms with Crippen molar-refractivity contribution in [1.29, 1.82) is 0 Å². The standard InChI is InChI=1S/C12H9F3OS/c1-8-4-2-3-5-9(8)10-6-7-16-11(10)17-12(13,14)15/h2-7H,1H3. The van der Waals surface area contributed by atoms with Crippen LogP contribution >= 0.6 is 11.8 Å². The molecule has 0 aliphatic heterocycles. The third-order valence-electron chi connectivity index (χ3n) is 2.27. The molecule has 0 amide bonds. The number of halogens is 3. The number of thioether (sulfide) groups is 1. The molecule has 1 aromatic carbocycles. The molecule has 0 saturated heterocycles. The molecule has 0 aliphatic carbocycles. The lowest BCUT2D eigenvalue weighted by Crippen LogP contribution is -1.99. The lowest BCUT2D eigenvalue weighted by molar-refractivity contribution is -0.0334. The number of rotatable bonds is 2. The van der Waals surface area contributed by atoms with Crippen LogP contribution in [0.2, 0.25) is 0 Å². The van der Waals surface area contributed by atoms with E-state index in [-0.39, 0.29) is 16.9 Å². The second kappa shape index (κ2) is 4.49. The van der Waals surface area contributed by atoms with Crippen LogP contribution in [0.1, 0.15) is 5.56 Å². The third-order valence-corrected chi connectivity index (χ3v) is 3.01. The molecule has 0 N–H and O–H groups in total. The minimum Gasteiger partial charge on any atom is -0.457 e. The first-order valence-corrected chi connectivity index (χ1v) is 5.68. The van der Waals surface area contributed by atoms with Crippen molar-refractivity contribution < 1.29 is 17.6 Å². The predicted octanol–water partition coefficient (Wildman–Crippen LogP) is 4.87. The minimum atomic E-state index is -4.34. The fourth-order valence-corrected chi connectivity index (χ4v) is 2.16. The second-order valence-corrected chi connectivity index (χ2v) is 4.52. The normalized spacial score (nSPS) is 11.8. The molecular formula is C12H9F3OS. The molecular weight excluding hydrogens is 249 g/mol. The molecule has 0 aliphatic rings. The molecule has 1 aromatic heterocycles. The Morgan fingerprint density at radius 2 is 1.76 bits per heavy atom. The molecule has 0 saturated carbocycles. The van der Waals surface area contributed by atoms with Gasteiger partial charge >= 0.3 is 5.51 Å². The smallest absolute Gasteiger partial charge is 0.449 e. The van der Waals surface area contributed by atoms with E-state index in [0.29, 0.717) is 5.56 Å². The van der Waals surface area contributed by atoms with Crippen molar-refractivity contribution in [3.8, 4) is 11.1 Å². The molecule has 17 heavy (non-hydrogen) atoms. The summed E-state index contributed by atoms with van der Waals surface area (Å²) in [7, 11) is 0. The van der Waals surface area contributed by atoms with Crippen molar-refractivity contribution in [3.63, 3.8) is 0 Å². The highest BCUT2D eigenvalue weighted by atomic mass is 32.2. The van der Waals surface area contributed by atoms with Crippen LogP contribution in [0.15, 0.2) is 46.1 Å². The van der Waals surface area contributed by atoms with Gasteiger partial charge in [-0.05, 0) is 24.1 Å². The van der Waals surface area contributed by atoms with Crippen LogP contribution in [-0.2, 0) is 0 Å². The zero-order chi connectivity index (χ0) is 12.5. The Labute approximate surface area is 101 Å². The Morgan fingerprint density at radius 3 is 2.41 bits per heavy atom. The van der Waals surface area contributed by atoms with E-state index in [9.17, 15) is 13.2 Å². The van der Waals surface area contributed by atoms with Crippen molar-refractivity contribution in [2.45, 2.75) is 17.5 Å². The zero-order valence-electron chi connectivity index (χ0n) is 8.91. The summed E-state index contributed by atoms with van der Waals surface area (Å²) in [6.45, 7) is 1.85. The van der Waals surface area contributed by atoms with E-state index >= 15 is 0 Å². The summed E-state index contributed by atoms with van der Waals surface area (Å²) in [6, 6.07) is 8.81. The molecule has 0 atom stereocenters. The lowest BCUT2D eigenvalue weighted by atomic mass is 10.0. The first kappa shape index (κ1) is 12.1. The van der Waals surface area contributed by atoms with Crippen molar-refractivity contribution in [2.24, 2.45) is 0 Å². The van der Waals surface area contributed by atoms with Crippen LogP contribution in [0, 0.1) is 6.92 Å². The Kier molecular flexibility index (Phi) is 3.19. The first-order valence-electron chi connectivity index (χ1n) is 4.86. The van der Waals surface area contributed by atoms with Crippen molar-refractivity contribution >= 4 is 11.8 Å². The van der Waals surface area contributed by atoms with Gasteiger partial charge in [0.1, 0.15) is 0 Å². The Morgan fingerprint density at radius 1 is 1.06 bits per heavy atom. The topological polar surface area (TPSA) is 13.1 Å². The quantitative estimate of drug-likeness (QED) is 0.713. The van der Waals surface area contributed by atoms with Crippen LogP contribution in [0.5, 0.6) is 0 Å². The van der Waals surface area contributed by atoms with Crippen molar-refractivity contribution in [3.05, 3.63) is 42.2 Å². The maximum absolute atomic E-state index is 12.3. The molecule has 0 fully saturated rings. The highest BCUT2D eigenvalue weighted by molar-refractivity contribution is 8.00. The average molecular weight is 258 g/mol. The summed E-state index contributed by atoms with van der Waals surface area (Å²) in [6.07, 6.45) is 1.27. The molecule has 0 spiro atoms. The molecule has 1 heterocycles. The van der Waals surface area contributed by atoms with Gasteiger partial charge in [-0.25, -0.2) is 0 Å². The molecule has 1 nitrogen and oxygen atoms in total. The maximum atomic E-state index is 12.3. The second-order valence-electron chi connectivity index (χ2n) is 3.48. The van der Waals surface area contributed by atoms with Gasteiger partial charge in [0.25, 0.3) is 0 Å². The van der Waals surface area contributed by atoms with Gasteiger partial charge in [-0.3, -0.25) is 0 Å². The van der Waals surface area contributed by atoms with Gasteiger partial charge < -0.3 is 4.42 Å². The van der Waals surface area contributed by atoms with Gasteiger partial charge in [-0.15, -0.1) is 0 Å². The van der Waals surface area contributed by atoms with Crippen LogP contribution in [-0.4, -0.2) is 5.51 Å². The number of furan rings is 1. The third kappa shape index (κ3) is 2.85. The number of hydrogen-bond donors (Lipinski definition) is 0. The molecule has 90 valence electrons. The monoisotopic (exact) mass is 258 g/mol. The van der Waals surface area contributed by atoms with E-state index in [1.807, 2.05) is 19.1 Å². The van der Waals surface area contributed by atoms with Gasteiger partial charge in [-0.2, -0.15) is 13.2 Å². The van der Waals surface area contributed by atoms with Gasteiger partial charge in [-0.1, -0.05) is 24.3 Å². The molecule has 0 radical (unpaired) electrons. The first-order chi connectivity index (χ1) is 7.97. The predicted molar refractivity (Wildman–Crippen MR) is 60.8 cm³/mol. The molecule has 0 bridgehead atoms. The van der Waals surface area contributed by atoms with E-state index in [2.05, 4.69) is 0 Å². The Hall–Kier alpha value is -1.36. The number of alkyl halides is 3. The summed E-state index contributed by atoms with van der Waals surface area (Å²) in [5.41, 5.74) is -2.19. The van der Waals surface area contributed by atoms with Crippen LogP contribution in [0.4, 0.5) is 13.2 Å². The van der Waals surface area contributed by atoms with Gasteiger partial charge in [0.2, 0.25) is 0 Å². The van der Waals surface area contributed by atoms with Gasteiger partial charge in [0.05, 0.1) is 6.26 Å².